The molecule has 1 fully saturated rings. The van der Waals surface area contributed by atoms with E-state index < -0.39 is 17.0 Å². The Morgan fingerprint density at radius 2 is 2.22 bits per heavy atom. The SMILES string of the molecule is COC(=O)c1cc(N2CCCC(C(C)O)C2)cc(C)c1[N+](=O)[O-]. The summed E-state index contributed by atoms with van der Waals surface area (Å²) < 4.78 is 4.68. The van der Waals surface area contributed by atoms with Crippen LogP contribution in [0.2, 0.25) is 0 Å². The number of piperidine rings is 1. The molecule has 1 N–H and O–H groups in total. The maximum absolute atomic E-state index is 11.9. The number of carbonyl (C=O) groups is 1. The molecule has 2 atom stereocenters. The van der Waals surface area contributed by atoms with Crippen LogP contribution in [0.15, 0.2) is 12.1 Å². The number of anilines is 1. The Hall–Kier alpha value is -2.15. The minimum atomic E-state index is -0.717. The monoisotopic (exact) mass is 322 g/mol. The highest BCUT2D eigenvalue weighted by atomic mass is 16.6. The Labute approximate surface area is 135 Å². The van der Waals surface area contributed by atoms with Crippen LogP contribution in [-0.2, 0) is 4.74 Å². The molecule has 1 aliphatic heterocycles. The van der Waals surface area contributed by atoms with Crippen LogP contribution in [0.4, 0.5) is 11.4 Å². The lowest BCUT2D eigenvalue weighted by Gasteiger charge is -2.36. The summed E-state index contributed by atoms with van der Waals surface area (Å²) in [6.07, 6.45) is 1.47. The van der Waals surface area contributed by atoms with Crippen LogP contribution in [-0.4, -0.2) is 42.3 Å². The maximum atomic E-state index is 11.9. The fourth-order valence-electron chi connectivity index (χ4n) is 3.09. The lowest BCUT2D eigenvalue weighted by molar-refractivity contribution is -0.385. The van der Waals surface area contributed by atoms with Crippen LogP contribution in [0.25, 0.3) is 0 Å². The maximum Gasteiger partial charge on any atom is 0.344 e. The molecule has 7 nitrogen and oxygen atoms in total. The molecule has 1 aliphatic rings. The van der Waals surface area contributed by atoms with E-state index in [1.807, 2.05) is 0 Å². The van der Waals surface area contributed by atoms with Gasteiger partial charge in [-0.05, 0) is 38.8 Å². The predicted molar refractivity (Wildman–Crippen MR) is 85.8 cm³/mol. The Morgan fingerprint density at radius 1 is 1.52 bits per heavy atom. The Morgan fingerprint density at radius 3 is 2.78 bits per heavy atom. The van der Waals surface area contributed by atoms with E-state index in [1.165, 1.54) is 13.2 Å². The molecule has 2 unspecified atom stereocenters. The third kappa shape index (κ3) is 3.61. The minimum absolute atomic E-state index is 0.0355. The van der Waals surface area contributed by atoms with Gasteiger partial charge in [0.25, 0.3) is 5.69 Å². The summed E-state index contributed by atoms with van der Waals surface area (Å²) in [5.74, 6) is -0.563. The predicted octanol–water partition coefficient (Wildman–Crippen LogP) is 2.29. The molecule has 1 aromatic carbocycles. The zero-order valence-electron chi connectivity index (χ0n) is 13.6. The number of rotatable bonds is 4. The molecule has 0 spiro atoms. The second-order valence-electron chi connectivity index (χ2n) is 6.00. The number of methoxy groups -OCH3 is 1. The second kappa shape index (κ2) is 6.95. The van der Waals surface area contributed by atoms with E-state index in [-0.39, 0.29) is 17.2 Å². The number of aliphatic hydroxyl groups is 1. The molecule has 23 heavy (non-hydrogen) atoms. The van der Waals surface area contributed by atoms with Crippen LogP contribution < -0.4 is 4.90 Å². The highest BCUT2D eigenvalue weighted by Gasteiger charge is 2.28. The summed E-state index contributed by atoms with van der Waals surface area (Å²) in [6, 6.07) is 3.23. The first kappa shape index (κ1) is 17.2. The molecule has 0 radical (unpaired) electrons. The Kier molecular flexibility index (Phi) is 5.20. The molecule has 7 heteroatoms. The van der Waals surface area contributed by atoms with Gasteiger partial charge in [0.2, 0.25) is 0 Å². The zero-order valence-corrected chi connectivity index (χ0v) is 13.6. The van der Waals surface area contributed by atoms with Crippen LogP contribution >= 0.6 is 0 Å². The number of nitro benzene ring substituents is 1. The number of aliphatic hydroxyl groups excluding tert-OH is 1. The van der Waals surface area contributed by atoms with E-state index in [1.54, 1.807) is 19.9 Å². The quantitative estimate of drug-likeness (QED) is 0.519. The topological polar surface area (TPSA) is 92.9 Å². The van der Waals surface area contributed by atoms with Crippen molar-refractivity contribution < 1.29 is 19.6 Å². The van der Waals surface area contributed by atoms with E-state index >= 15 is 0 Å². The summed E-state index contributed by atoms with van der Waals surface area (Å²) in [7, 11) is 1.21. The highest BCUT2D eigenvalue weighted by molar-refractivity contribution is 5.95. The molecule has 2 rings (SSSR count). The van der Waals surface area contributed by atoms with E-state index in [4.69, 9.17) is 0 Å². The minimum Gasteiger partial charge on any atom is -0.465 e. The van der Waals surface area contributed by atoms with Gasteiger partial charge in [-0.25, -0.2) is 4.79 Å². The molecule has 0 amide bonds. The van der Waals surface area contributed by atoms with Crippen molar-refractivity contribution >= 4 is 17.3 Å². The van der Waals surface area contributed by atoms with Crippen molar-refractivity contribution in [3.63, 3.8) is 0 Å². The summed E-state index contributed by atoms with van der Waals surface area (Å²) in [5, 5.41) is 21.0. The number of nitrogens with zero attached hydrogens (tertiary/aromatic N) is 2. The van der Waals surface area contributed by atoms with Gasteiger partial charge in [-0.15, -0.1) is 0 Å². The number of hydrogen-bond acceptors (Lipinski definition) is 6. The van der Waals surface area contributed by atoms with E-state index in [9.17, 15) is 20.0 Å². The number of carbonyl (C=O) groups excluding carboxylic acids is 1. The van der Waals surface area contributed by atoms with Crippen molar-refractivity contribution in [3.8, 4) is 0 Å². The van der Waals surface area contributed by atoms with Crippen molar-refractivity contribution in [2.45, 2.75) is 32.8 Å². The van der Waals surface area contributed by atoms with Crippen LogP contribution in [0, 0.1) is 23.0 Å². The summed E-state index contributed by atoms with van der Waals surface area (Å²) >= 11 is 0. The third-order valence-corrected chi connectivity index (χ3v) is 4.38. The Balaban J connectivity index is 2.42. The summed E-state index contributed by atoms with van der Waals surface area (Å²) in [6.45, 7) is 4.84. The summed E-state index contributed by atoms with van der Waals surface area (Å²) in [5.41, 5.74) is 0.919. The van der Waals surface area contributed by atoms with Crippen molar-refractivity contribution in [2.24, 2.45) is 5.92 Å². The number of benzene rings is 1. The van der Waals surface area contributed by atoms with Crippen LogP contribution in [0.3, 0.4) is 0 Å². The van der Waals surface area contributed by atoms with E-state index in [0.29, 0.717) is 12.1 Å². The largest absolute Gasteiger partial charge is 0.465 e. The standard InChI is InChI=1S/C16H22N2O5/c1-10-7-13(17-6-4-5-12(9-17)11(2)19)8-14(16(20)23-3)15(10)18(21)22/h7-8,11-12,19H,4-6,9H2,1-3H3. The third-order valence-electron chi connectivity index (χ3n) is 4.38. The van der Waals surface area contributed by atoms with Gasteiger partial charge >= 0.3 is 5.97 Å². The van der Waals surface area contributed by atoms with Crippen LogP contribution in [0.1, 0.15) is 35.7 Å². The zero-order chi connectivity index (χ0) is 17.1. The lowest BCUT2D eigenvalue weighted by Crippen LogP contribution is -2.39. The Bertz CT molecular complexity index is 615. The number of hydrogen-bond donors (Lipinski definition) is 1. The molecule has 126 valence electrons. The molecule has 0 bridgehead atoms. The fraction of sp³-hybridized carbons (Fsp3) is 0.562. The van der Waals surface area contributed by atoms with Gasteiger partial charge in [-0.1, -0.05) is 0 Å². The first-order chi connectivity index (χ1) is 10.8. The van der Waals surface area contributed by atoms with Gasteiger partial charge < -0.3 is 14.7 Å². The van der Waals surface area contributed by atoms with E-state index in [2.05, 4.69) is 9.64 Å². The molecular formula is C16H22N2O5. The summed E-state index contributed by atoms with van der Waals surface area (Å²) in [4.78, 5) is 24.7. The van der Waals surface area contributed by atoms with Gasteiger partial charge in [-0.3, -0.25) is 10.1 Å². The normalized spacial score (nSPS) is 19.3. The van der Waals surface area contributed by atoms with Gasteiger partial charge in [0.15, 0.2) is 0 Å². The number of ether oxygens (including phenoxy) is 1. The molecule has 1 heterocycles. The number of nitro groups is 1. The average molecular weight is 322 g/mol. The fourth-order valence-corrected chi connectivity index (χ4v) is 3.09. The molecule has 0 aliphatic carbocycles. The smallest absolute Gasteiger partial charge is 0.344 e. The molecule has 1 aromatic rings. The highest BCUT2D eigenvalue weighted by Crippen LogP contribution is 2.32. The lowest BCUT2D eigenvalue weighted by atomic mass is 9.92. The number of esters is 1. The molecule has 0 saturated carbocycles. The van der Waals surface area contributed by atoms with Crippen molar-refractivity contribution in [1.29, 1.82) is 0 Å². The van der Waals surface area contributed by atoms with Crippen molar-refractivity contribution in [2.75, 3.05) is 25.1 Å². The molecule has 0 aromatic heterocycles. The second-order valence-corrected chi connectivity index (χ2v) is 6.00. The van der Waals surface area contributed by atoms with Gasteiger partial charge in [-0.2, -0.15) is 0 Å². The molecule has 1 saturated heterocycles. The average Bonchev–Trinajstić information content (AvgIpc) is 2.52. The van der Waals surface area contributed by atoms with Gasteiger partial charge in [0.1, 0.15) is 5.56 Å². The van der Waals surface area contributed by atoms with Gasteiger partial charge in [0.05, 0.1) is 18.1 Å². The van der Waals surface area contributed by atoms with Crippen LogP contribution in [0.5, 0.6) is 0 Å². The van der Waals surface area contributed by atoms with Crippen molar-refractivity contribution in [3.05, 3.63) is 33.4 Å². The first-order valence-electron chi connectivity index (χ1n) is 7.65. The number of aryl methyl sites for hydroxylation is 1. The van der Waals surface area contributed by atoms with E-state index in [0.717, 1.165) is 25.1 Å². The van der Waals surface area contributed by atoms with Gasteiger partial charge in [0, 0.05) is 30.3 Å². The first-order valence-corrected chi connectivity index (χ1v) is 7.65. The molecular weight excluding hydrogens is 300 g/mol. The van der Waals surface area contributed by atoms with Crippen molar-refractivity contribution in [1.82, 2.24) is 0 Å².